The number of hydrogen-bond acceptors (Lipinski definition) is 4. The zero-order valence-corrected chi connectivity index (χ0v) is 23.8. The number of fused-ring (bicyclic) bond motifs is 9. The molecule has 1 spiro atoms. The number of para-hydroxylation sites is 3. The van der Waals surface area contributed by atoms with Crippen molar-refractivity contribution in [3.8, 4) is 11.1 Å². The second kappa shape index (κ2) is 8.42. The van der Waals surface area contributed by atoms with Gasteiger partial charge in [-0.1, -0.05) is 78.9 Å². The summed E-state index contributed by atoms with van der Waals surface area (Å²) in [6.45, 7) is 8.42. The molecule has 1 aliphatic carbocycles. The van der Waals surface area contributed by atoms with Gasteiger partial charge >= 0.3 is 7.12 Å². The van der Waals surface area contributed by atoms with Gasteiger partial charge in [-0.05, 0) is 85.7 Å². The van der Waals surface area contributed by atoms with Gasteiger partial charge < -0.3 is 14.2 Å². The zero-order valence-electron chi connectivity index (χ0n) is 23.8. The molecule has 0 N–H and O–H groups in total. The lowest BCUT2D eigenvalue weighted by Gasteiger charge is -2.44. The van der Waals surface area contributed by atoms with Gasteiger partial charge in [0, 0.05) is 17.4 Å². The van der Waals surface area contributed by atoms with Crippen LogP contribution in [0, 0.1) is 0 Å². The number of benzene rings is 4. The van der Waals surface area contributed by atoms with Crippen molar-refractivity contribution >= 4 is 29.6 Å². The number of hydrogen-bond donors (Lipinski definition) is 0. The predicted octanol–water partition coefficient (Wildman–Crippen LogP) is 7.53. The molecule has 4 aromatic carbocycles. The van der Waals surface area contributed by atoms with Crippen molar-refractivity contribution in [2.24, 2.45) is 0 Å². The average Bonchev–Trinajstić information content (AvgIpc) is 3.40. The van der Waals surface area contributed by atoms with Gasteiger partial charge in [0.25, 0.3) is 0 Å². The molecule has 0 bridgehead atoms. The third-order valence-corrected chi connectivity index (χ3v) is 9.54. The highest BCUT2D eigenvalue weighted by atomic mass is 16.7. The van der Waals surface area contributed by atoms with Crippen LogP contribution < -0.4 is 10.4 Å². The molecule has 0 saturated carbocycles. The topological polar surface area (TPSA) is 34.6 Å². The molecular formula is C36H31BN2O2. The summed E-state index contributed by atoms with van der Waals surface area (Å²) < 4.78 is 13.1. The Hall–Kier alpha value is -4.19. The Kier molecular flexibility index (Phi) is 5.05. The molecule has 0 unspecified atom stereocenters. The van der Waals surface area contributed by atoms with E-state index in [-0.39, 0.29) is 0 Å². The molecule has 8 rings (SSSR count). The fourth-order valence-electron chi connectivity index (χ4n) is 6.93. The van der Waals surface area contributed by atoms with E-state index in [9.17, 15) is 0 Å². The maximum absolute atomic E-state index is 6.53. The van der Waals surface area contributed by atoms with E-state index < -0.39 is 23.7 Å². The van der Waals surface area contributed by atoms with Crippen LogP contribution in [0.2, 0.25) is 0 Å². The van der Waals surface area contributed by atoms with Gasteiger partial charge in [-0.15, -0.1) is 0 Å². The molecule has 1 saturated heterocycles. The van der Waals surface area contributed by atoms with Crippen molar-refractivity contribution < 1.29 is 9.31 Å². The lowest BCUT2D eigenvalue weighted by molar-refractivity contribution is 0.00578. The Morgan fingerprint density at radius 2 is 1.22 bits per heavy atom. The molecule has 1 fully saturated rings. The molecule has 3 heterocycles. The van der Waals surface area contributed by atoms with Gasteiger partial charge in [0.05, 0.1) is 33.7 Å². The zero-order chi connectivity index (χ0) is 28.0. The SMILES string of the molecule is CC1(C)OB(c2ccc3c(c2)C2(c4ccccc4N(c4ccccc4)c4ccccc42)c2ncccc2-3)OC1(C)C. The molecule has 2 aliphatic heterocycles. The largest absolute Gasteiger partial charge is 0.494 e. The van der Waals surface area contributed by atoms with E-state index in [4.69, 9.17) is 14.3 Å². The Labute approximate surface area is 241 Å². The van der Waals surface area contributed by atoms with E-state index in [1.807, 2.05) is 12.3 Å². The normalized spacial score (nSPS) is 18.5. The van der Waals surface area contributed by atoms with E-state index in [2.05, 4.69) is 136 Å². The first kappa shape index (κ1) is 24.6. The minimum Gasteiger partial charge on any atom is -0.399 e. The summed E-state index contributed by atoms with van der Waals surface area (Å²) in [6, 6.07) is 39.2. The first-order chi connectivity index (χ1) is 19.8. The van der Waals surface area contributed by atoms with Crippen LogP contribution in [0.1, 0.15) is 50.1 Å². The molecule has 5 heteroatoms. The maximum atomic E-state index is 6.53. The maximum Gasteiger partial charge on any atom is 0.494 e. The van der Waals surface area contributed by atoms with Gasteiger partial charge in [0.2, 0.25) is 0 Å². The summed E-state index contributed by atoms with van der Waals surface area (Å²) >= 11 is 0. The van der Waals surface area contributed by atoms with E-state index in [1.165, 1.54) is 27.8 Å². The fourth-order valence-corrected chi connectivity index (χ4v) is 6.93. The lowest BCUT2D eigenvalue weighted by Crippen LogP contribution is -2.41. The summed E-state index contributed by atoms with van der Waals surface area (Å²) in [6.07, 6.45) is 1.93. The van der Waals surface area contributed by atoms with Crippen molar-refractivity contribution in [3.63, 3.8) is 0 Å². The monoisotopic (exact) mass is 534 g/mol. The van der Waals surface area contributed by atoms with Gasteiger partial charge in [0.15, 0.2) is 0 Å². The van der Waals surface area contributed by atoms with Gasteiger partial charge in [-0.25, -0.2) is 0 Å². The third-order valence-electron chi connectivity index (χ3n) is 9.54. The molecule has 0 atom stereocenters. The Balaban J connectivity index is 1.44. The smallest absolute Gasteiger partial charge is 0.399 e. The van der Waals surface area contributed by atoms with Crippen LogP contribution >= 0.6 is 0 Å². The van der Waals surface area contributed by atoms with Crippen LogP contribution in [0.5, 0.6) is 0 Å². The van der Waals surface area contributed by atoms with Crippen LogP contribution in [-0.4, -0.2) is 23.3 Å². The van der Waals surface area contributed by atoms with Crippen molar-refractivity contribution in [3.05, 3.63) is 138 Å². The van der Waals surface area contributed by atoms with Crippen LogP contribution in [0.3, 0.4) is 0 Å². The Morgan fingerprint density at radius 1 is 0.610 bits per heavy atom. The number of pyridine rings is 1. The number of rotatable bonds is 2. The molecule has 0 amide bonds. The van der Waals surface area contributed by atoms with E-state index in [0.29, 0.717) is 0 Å². The van der Waals surface area contributed by atoms with Crippen LogP contribution in [0.15, 0.2) is 115 Å². The summed E-state index contributed by atoms with van der Waals surface area (Å²) in [5, 5.41) is 0. The fraction of sp³-hybridized carbons (Fsp3) is 0.194. The third kappa shape index (κ3) is 3.22. The van der Waals surface area contributed by atoms with Crippen molar-refractivity contribution in [2.75, 3.05) is 4.90 Å². The minimum absolute atomic E-state index is 0.418. The molecule has 3 aliphatic rings. The standard InChI is InChI=1S/C36H31BN2O2/c1-34(2)35(3,4)41-37(40-34)24-20-21-26-27-15-12-22-38-33(27)36(30(26)23-24)28-16-8-10-18-31(28)39(25-13-6-5-7-14-25)32-19-11-9-17-29(32)36/h5-23H,1-4H3. The molecule has 1 aromatic heterocycles. The second-order valence-electron chi connectivity index (χ2n) is 12.2. The molecule has 200 valence electrons. The Morgan fingerprint density at radius 3 is 1.88 bits per heavy atom. The van der Waals surface area contributed by atoms with Crippen molar-refractivity contribution in [1.82, 2.24) is 4.98 Å². The lowest BCUT2D eigenvalue weighted by atomic mass is 9.65. The van der Waals surface area contributed by atoms with Crippen molar-refractivity contribution in [1.29, 1.82) is 0 Å². The summed E-state index contributed by atoms with van der Waals surface area (Å²) in [7, 11) is -0.450. The van der Waals surface area contributed by atoms with Crippen LogP contribution in [-0.2, 0) is 14.7 Å². The first-order valence-corrected chi connectivity index (χ1v) is 14.3. The van der Waals surface area contributed by atoms with Gasteiger partial charge in [-0.2, -0.15) is 0 Å². The predicted molar refractivity (Wildman–Crippen MR) is 165 cm³/mol. The summed E-state index contributed by atoms with van der Waals surface area (Å²) in [5.41, 5.74) is 10.1. The highest BCUT2D eigenvalue weighted by molar-refractivity contribution is 6.62. The molecule has 41 heavy (non-hydrogen) atoms. The van der Waals surface area contributed by atoms with Gasteiger partial charge in [0.1, 0.15) is 0 Å². The van der Waals surface area contributed by atoms with Crippen molar-refractivity contribution in [2.45, 2.75) is 44.3 Å². The summed E-state index contributed by atoms with van der Waals surface area (Å²) in [5.74, 6) is 0. The Bertz CT molecular complexity index is 1770. The second-order valence-corrected chi connectivity index (χ2v) is 12.2. The van der Waals surface area contributed by atoms with Crippen LogP contribution in [0.4, 0.5) is 17.1 Å². The van der Waals surface area contributed by atoms with Crippen LogP contribution in [0.25, 0.3) is 11.1 Å². The quantitative estimate of drug-likeness (QED) is 0.215. The molecular weight excluding hydrogens is 503 g/mol. The molecule has 0 radical (unpaired) electrons. The molecule has 4 nitrogen and oxygen atoms in total. The number of aromatic nitrogens is 1. The first-order valence-electron chi connectivity index (χ1n) is 14.3. The van der Waals surface area contributed by atoms with E-state index in [0.717, 1.165) is 28.2 Å². The number of nitrogens with zero attached hydrogens (tertiary/aromatic N) is 2. The van der Waals surface area contributed by atoms with E-state index in [1.54, 1.807) is 0 Å². The van der Waals surface area contributed by atoms with Gasteiger partial charge in [-0.3, -0.25) is 4.98 Å². The number of anilines is 3. The minimum atomic E-state index is -0.593. The molecule has 5 aromatic rings. The highest BCUT2D eigenvalue weighted by Gasteiger charge is 2.55. The highest BCUT2D eigenvalue weighted by Crippen LogP contribution is 2.62. The van der Waals surface area contributed by atoms with E-state index >= 15 is 0 Å². The average molecular weight is 534 g/mol. The summed E-state index contributed by atoms with van der Waals surface area (Å²) in [4.78, 5) is 7.52.